The van der Waals surface area contributed by atoms with Crippen LogP contribution in [0.15, 0.2) is 0 Å². The van der Waals surface area contributed by atoms with E-state index in [0.29, 0.717) is 6.54 Å². The topological polar surface area (TPSA) is 7.60 Å². The average Bonchev–Trinajstić information content (AvgIpc) is 2.19. The lowest BCUT2D eigenvalue weighted by Gasteiger charge is -2.15. The zero-order valence-corrected chi connectivity index (χ0v) is 9.76. The predicted octanol–water partition coefficient (Wildman–Crippen LogP) is 3.20. The predicted molar refractivity (Wildman–Crippen MR) is 62.3 cm³/mol. The number of unbranched alkanes of at least 4 members (excludes halogenated alkanes) is 4. The van der Waals surface area contributed by atoms with Gasteiger partial charge < -0.3 is 9.74 Å². The average molecular weight is 196 g/mol. The molecule has 0 saturated heterocycles. The van der Waals surface area contributed by atoms with Gasteiger partial charge in [-0.15, -0.1) is 0 Å². The standard InChI is InChI=1S/C12H24N2/c1-4-5-6-8-11-14(3)12-9-7-10-13-2/h4-12H2,1,3H3. The van der Waals surface area contributed by atoms with Crippen molar-refractivity contribution in [1.29, 1.82) is 0 Å². The minimum absolute atomic E-state index is 0.698. The van der Waals surface area contributed by atoms with Crippen molar-refractivity contribution in [3.63, 3.8) is 0 Å². The highest BCUT2D eigenvalue weighted by molar-refractivity contribution is 4.60. The van der Waals surface area contributed by atoms with Crippen LogP contribution in [0.25, 0.3) is 4.85 Å². The van der Waals surface area contributed by atoms with Gasteiger partial charge in [-0.05, 0) is 33.0 Å². The van der Waals surface area contributed by atoms with Crippen molar-refractivity contribution in [2.75, 3.05) is 26.7 Å². The van der Waals surface area contributed by atoms with Crippen molar-refractivity contribution in [2.24, 2.45) is 0 Å². The van der Waals surface area contributed by atoms with Crippen molar-refractivity contribution in [3.05, 3.63) is 11.4 Å². The van der Waals surface area contributed by atoms with E-state index in [0.717, 1.165) is 13.0 Å². The Morgan fingerprint density at radius 2 is 1.64 bits per heavy atom. The number of hydrogen-bond donors (Lipinski definition) is 0. The summed E-state index contributed by atoms with van der Waals surface area (Å²) in [6.07, 6.45) is 7.60. The number of hydrogen-bond acceptors (Lipinski definition) is 1. The van der Waals surface area contributed by atoms with E-state index in [9.17, 15) is 0 Å². The molecule has 0 aromatic rings. The van der Waals surface area contributed by atoms with Crippen LogP contribution in [0.5, 0.6) is 0 Å². The molecular formula is C12H24N2. The third kappa shape index (κ3) is 9.54. The summed E-state index contributed by atoms with van der Waals surface area (Å²) in [6, 6.07) is 0. The summed E-state index contributed by atoms with van der Waals surface area (Å²) in [5.74, 6) is 0. The highest BCUT2D eigenvalue weighted by atomic mass is 15.1. The second kappa shape index (κ2) is 10.5. The van der Waals surface area contributed by atoms with Crippen LogP contribution in [0.1, 0.15) is 45.4 Å². The van der Waals surface area contributed by atoms with Crippen molar-refractivity contribution in [3.8, 4) is 0 Å². The molecule has 0 spiro atoms. The molecular weight excluding hydrogens is 172 g/mol. The van der Waals surface area contributed by atoms with E-state index in [1.807, 2.05) is 0 Å². The molecule has 0 aromatic heterocycles. The third-order valence-corrected chi connectivity index (χ3v) is 2.45. The van der Waals surface area contributed by atoms with Crippen molar-refractivity contribution < 1.29 is 0 Å². The van der Waals surface area contributed by atoms with E-state index in [1.165, 1.54) is 38.6 Å². The van der Waals surface area contributed by atoms with E-state index in [-0.39, 0.29) is 0 Å². The highest BCUT2D eigenvalue weighted by Crippen LogP contribution is 2.01. The molecule has 0 bridgehead atoms. The lowest BCUT2D eigenvalue weighted by Crippen LogP contribution is -2.20. The second-order valence-corrected chi connectivity index (χ2v) is 3.95. The van der Waals surface area contributed by atoms with Crippen LogP contribution in [-0.2, 0) is 0 Å². The molecule has 0 atom stereocenters. The van der Waals surface area contributed by atoms with Crippen molar-refractivity contribution in [1.82, 2.24) is 4.90 Å². The minimum Gasteiger partial charge on any atom is -0.317 e. The van der Waals surface area contributed by atoms with E-state index in [4.69, 9.17) is 6.57 Å². The Morgan fingerprint density at radius 3 is 2.21 bits per heavy atom. The molecule has 2 heteroatoms. The Kier molecular flexibility index (Phi) is 10.1. The first-order valence-electron chi connectivity index (χ1n) is 5.83. The Morgan fingerprint density at radius 1 is 1.00 bits per heavy atom. The summed E-state index contributed by atoms with van der Waals surface area (Å²) in [5.41, 5.74) is 0. The van der Waals surface area contributed by atoms with Gasteiger partial charge in [0, 0.05) is 6.42 Å². The summed E-state index contributed by atoms with van der Waals surface area (Å²) in [5, 5.41) is 0. The van der Waals surface area contributed by atoms with Gasteiger partial charge in [0.05, 0.1) is 0 Å². The number of nitrogens with zero attached hydrogens (tertiary/aromatic N) is 2. The fourth-order valence-electron chi connectivity index (χ4n) is 1.49. The van der Waals surface area contributed by atoms with Gasteiger partial charge >= 0.3 is 0 Å². The first kappa shape index (κ1) is 13.4. The smallest absolute Gasteiger partial charge is 0.214 e. The Hall–Kier alpha value is -0.550. The van der Waals surface area contributed by atoms with Crippen molar-refractivity contribution >= 4 is 0 Å². The first-order valence-corrected chi connectivity index (χ1v) is 5.83. The molecule has 0 amide bonds. The maximum Gasteiger partial charge on any atom is 0.214 e. The van der Waals surface area contributed by atoms with E-state index < -0.39 is 0 Å². The van der Waals surface area contributed by atoms with Gasteiger partial charge in [-0.1, -0.05) is 26.2 Å². The van der Waals surface area contributed by atoms with E-state index in [1.54, 1.807) is 0 Å². The van der Waals surface area contributed by atoms with Crippen LogP contribution < -0.4 is 0 Å². The molecule has 2 nitrogen and oxygen atoms in total. The molecule has 0 aromatic carbocycles. The van der Waals surface area contributed by atoms with Gasteiger partial charge in [0.25, 0.3) is 0 Å². The second-order valence-electron chi connectivity index (χ2n) is 3.95. The zero-order valence-electron chi connectivity index (χ0n) is 9.76. The maximum atomic E-state index is 6.66. The first-order chi connectivity index (χ1) is 6.81. The minimum atomic E-state index is 0.698. The lowest BCUT2D eigenvalue weighted by atomic mass is 10.2. The molecule has 14 heavy (non-hydrogen) atoms. The molecule has 0 saturated carbocycles. The molecule has 0 unspecified atom stereocenters. The van der Waals surface area contributed by atoms with Crippen LogP contribution in [0.2, 0.25) is 0 Å². The third-order valence-electron chi connectivity index (χ3n) is 2.45. The summed E-state index contributed by atoms with van der Waals surface area (Å²) in [7, 11) is 2.18. The monoisotopic (exact) mass is 196 g/mol. The lowest BCUT2D eigenvalue weighted by molar-refractivity contribution is 0.318. The number of rotatable bonds is 9. The molecule has 82 valence electrons. The Labute approximate surface area is 89.1 Å². The van der Waals surface area contributed by atoms with Gasteiger partial charge in [0.15, 0.2) is 0 Å². The summed E-state index contributed by atoms with van der Waals surface area (Å²) < 4.78 is 0. The van der Waals surface area contributed by atoms with Gasteiger partial charge in [-0.3, -0.25) is 0 Å². The van der Waals surface area contributed by atoms with Gasteiger partial charge in [0.2, 0.25) is 6.54 Å². The molecule has 0 aliphatic heterocycles. The summed E-state index contributed by atoms with van der Waals surface area (Å²) >= 11 is 0. The fraction of sp³-hybridized carbons (Fsp3) is 0.917. The van der Waals surface area contributed by atoms with Gasteiger partial charge in [-0.2, -0.15) is 0 Å². The van der Waals surface area contributed by atoms with Crippen LogP contribution in [0.3, 0.4) is 0 Å². The molecule has 0 heterocycles. The summed E-state index contributed by atoms with van der Waals surface area (Å²) in [6.45, 7) is 12.0. The normalized spacial score (nSPS) is 10.4. The molecule has 0 rings (SSSR count). The molecule has 0 fully saturated rings. The Bertz CT molecular complexity index is 149. The largest absolute Gasteiger partial charge is 0.317 e. The Balaban J connectivity index is 3.12. The molecule has 0 N–H and O–H groups in total. The quantitative estimate of drug-likeness (QED) is 0.406. The van der Waals surface area contributed by atoms with Crippen molar-refractivity contribution in [2.45, 2.75) is 45.4 Å². The van der Waals surface area contributed by atoms with Crippen LogP contribution in [-0.4, -0.2) is 31.6 Å². The van der Waals surface area contributed by atoms with Gasteiger partial charge in [-0.25, -0.2) is 6.57 Å². The molecule has 0 aliphatic rings. The SMILES string of the molecule is [C-]#[N+]CCCCN(C)CCCCCC. The van der Waals surface area contributed by atoms with Crippen LogP contribution >= 0.6 is 0 Å². The van der Waals surface area contributed by atoms with E-state index >= 15 is 0 Å². The summed E-state index contributed by atoms with van der Waals surface area (Å²) in [4.78, 5) is 5.74. The van der Waals surface area contributed by atoms with E-state index in [2.05, 4.69) is 23.7 Å². The zero-order chi connectivity index (χ0) is 10.6. The maximum absolute atomic E-state index is 6.66. The molecule has 0 aliphatic carbocycles. The van der Waals surface area contributed by atoms with Gasteiger partial charge in [0.1, 0.15) is 0 Å². The highest BCUT2D eigenvalue weighted by Gasteiger charge is 1.98. The van der Waals surface area contributed by atoms with Crippen LogP contribution in [0.4, 0.5) is 0 Å². The fourth-order valence-corrected chi connectivity index (χ4v) is 1.49. The van der Waals surface area contributed by atoms with Crippen LogP contribution in [0, 0.1) is 6.57 Å². The molecule has 0 radical (unpaired) electrons.